The molecule has 0 saturated carbocycles. The van der Waals surface area contributed by atoms with Crippen LogP contribution in [-0.2, 0) is 4.74 Å². The lowest BCUT2D eigenvalue weighted by molar-refractivity contribution is -0.162. The molecule has 1 fully saturated rings. The van der Waals surface area contributed by atoms with Gasteiger partial charge < -0.3 is 9.84 Å². The van der Waals surface area contributed by atoms with E-state index >= 15 is 0 Å². The van der Waals surface area contributed by atoms with Gasteiger partial charge in [0.25, 0.3) is 0 Å². The summed E-state index contributed by atoms with van der Waals surface area (Å²) in [4.78, 5) is 0. The summed E-state index contributed by atoms with van der Waals surface area (Å²) in [5, 5.41) is 10.7. The van der Waals surface area contributed by atoms with Crippen molar-refractivity contribution in [3.05, 3.63) is 23.3 Å². The highest BCUT2D eigenvalue weighted by molar-refractivity contribution is 5.10. The lowest BCUT2D eigenvalue weighted by Gasteiger charge is -2.38. The van der Waals surface area contributed by atoms with Crippen LogP contribution in [0.25, 0.3) is 0 Å². The van der Waals surface area contributed by atoms with E-state index in [1.165, 1.54) is 11.1 Å². The summed E-state index contributed by atoms with van der Waals surface area (Å²) in [6.45, 7) is 11.0. The van der Waals surface area contributed by atoms with Crippen LogP contribution in [0.1, 0.15) is 79.6 Å². The Kier molecular flexibility index (Phi) is 5.55. The van der Waals surface area contributed by atoms with Crippen LogP contribution in [0.15, 0.2) is 23.3 Å². The Morgan fingerprint density at radius 1 is 1.14 bits per heavy atom. The van der Waals surface area contributed by atoms with Crippen molar-refractivity contribution in [3.63, 3.8) is 0 Å². The molecule has 2 heterocycles. The second-order valence-corrected chi connectivity index (χ2v) is 8.03. The van der Waals surface area contributed by atoms with Gasteiger partial charge in [-0.25, -0.2) is 0 Å². The first-order valence-corrected chi connectivity index (χ1v) is 8.97. The van der Waals surface area contributed by atoms with Gasteiger partial charge in [-0.3, -0.25) is 0 Å². The Labute approximate surface area is 136 Å². The molecule has 0 amide bonds. The molecule has 22 heavy (non-hydrogen) atoms. The largest absolute Gasteiger partial charge is 0.390 e. The van der Waals surface area contributed by atoms with Crippen molar-refractivity contribution < 1.29 is 9.84 Å². The zero-order valence-electron chi connectivity index (χ0n) is 15.1. The van der Waals surface area contributed by atoms with E-state index in [-0.39, 0.29) is 17.3 Å². The molecule has 0 spiro atoms. The molecule has 2 aliphatic rings. The van der Waals surface area contributed by atoms with Crippen molar-refractivity contribution in [2.45, 2.75) is 96.9 Å². The monoisotopic (exact) mass is 306 g/mol. The molecule has 2 nitrogen and oxygen atoms in total. The summed E-state index contributed by atoms with van der Waals surface area (Å²) in [7, 11) is 0. The van der Waals surface area contributed by atoms with Gasteiger partial charge in [0.1, 0.15) is 0 Å². The summed E-state index contributed by atoms with van der Waals surface area (Å²) < 4.78 is 6.59. The third-order valence-electron chi connectivity index (χ3n) is 5.88. The minimum atomic E-state index is -0.389. The molecule has 0 aromatic rings. The van der Waals surface area contributed by atoms with Gasteiger partial charge in [0.2, 0.25) is 0 Å². The third-order valence-corrected chi connectivity index (χ3v) is 5.88. The van der Waals surface area contributed by atoms with Gasteiger partial charge in [0.05, 0.1) is 17.3 Å². The molecule has 0 radical (unpaired) electrons. The number of allylic oxidation sites excluding steroid dienone is 3. The maximum absolute atomic E-state index is 10.7. The van der Waals surface area contributed by atoms with Crippen molar-refractivity contribution in [1.82, 2.24) is 0 Å². The number of rotatable bonds is 1. The summed E-state index contributed by atoms with van der Waals surface area (Å²) >= 11 is 0. The minimum absolute atomic E-state index is 0.104. The number of hydrogen-bond donors (Lipinski definition) is 1. The van der Waals surface area contributed by atoms with Crippen LogP contribution in [0.3, 0.4) is 0 Å². The first-order valence-electron chi connectivity index (χ1n) is 8.97. The van der Waals surface area contributed by atoms with E-state index < -0.39 is 0 Å². The van der Waals surface area contributed by atoms with Gasteiger partial charge >= 0.3 is 0 Å². The normalized spacial score (nSPS) is 40.2. The second kappa shape index (κ2) is 6.88. The Hall–Kier alpha value is -0.600. The summed E-state index contributed by atoms with van der Waals surface area (Å²) in [6.07, 6.45) is 11.3. The molecule has 126 valence electrons. The van der Waals surface area contributed by atoms with E-state index in [1.54, 1.807) is 0 Å². The number of ether oxygens (including phenoxy) is 1. The molecule has 2 bridgehead atoms. The Morgan fingerprint density at radius 3 is 2.50 bits per heavy atom. The lowest BCUT2D eigenvalue weighted by Crippen LogP contribution is -2.44. The zero-order chi connectivity index (χ0) is 16.4. The van der Waals surface area contributed by atoms with Crippen molar-refractivity contribution in [2.75, 3.05) is 0 Å². The van der Waals surface area contributed by atoms with Crippen molar-refractivity contribution in [1.29, 1.82) is 0 Å². The molecule has 2 heteroatoms. The summed E-state index contributed by atoms with van der Waals surface area (Å²) in [5.41, 5.74) is 2.36. The summed E-state index contributed by atoms with van der Waals surface area (Å²) in [5.74, 6) is 0.468. The van der Waals surface area contributed by atoms with Crippen LogP contribution in [0.4, 0.5) is 0 Å². The molecular formula is C20H34O2. The quantitative estimate of drug-likeness (QED) is 0.677. The molecule has 0 aliphatic carbocycles. The highest BCUT2D eigenvalue weighted by Crippen LogP contribution is 2.47. The van der Waals surface area contributed by atoms with Crippen LogP contribution in [0, 0.1) is 5.92 Å². The molecule has 1 saturated heterocycles. The first-order chi connectivity index (χ1) is 10.3. The standard InChI is InChI=1S/C20H34O2/c1-15(2)20-12-11-17(4)8-6-7-16(3)9-10-18(21)19(5,22-20)13-14-20/h7,11,15,18,21H,6,8-10,12-14H2,1-5H3/b16-7?,17-11-/t18-,19-,20-/m1/s1. The van der Waals surface area contributed by atoms with Crippen LogP contribution in [0.2, 0.25) is 0 Å². The highest BCUT2D eigenvalue weighted by atomic mass is 16.5. The molecule has 2 aliphatic heterocycles. The zero-order valence-corrected chi connectivity index (χ0v) is 15.1. The molecule has 2 rings (SSSR count). The fourth-order valence-electron chi connectivity index (χ4n) is 3.81. The van der Waals surface area contributed by atoms with E-state index in [0.29, 0.717) is 5.92 Å². The van der Waals surface area contributed by atoms with Crippen molar-refractivity contribution in [3.8, 4) is 0 Å². The van der Waals surface area contributed by atoms with Gasteiger partial charge in [-0.1, -0.05) is 37.1 Å². The second-order valence-electron chi connectivity index (χ2n) is 8.03. The van der Waals surface area contributed by atoms with Gasteiger partial charge in [-0.05, 0) is 71.6 Å². The summed E-state index contributed by atoms with van der Waals surface area (Å²) in [6, 6.07) is 0. The fourth-order valence-corrected chi connectivity index (χ4v) is 3.81. The van der Waals surface area contributed by atoms with Crippen molar-refractivity contribution >= 4 is 0 Å². The highest BCUT2D eigenvalue weighted by Gasteiger charge is 2.50. The van der Waals surface area contributed by atoms with Gasteiger partial charge in [-0.2, -0.15) is 0 Å². The number of aliphatic hydroxyl groups excluding tert-OH is 1. The Morgan fingerprint density at radius 2 is 1.82 bits per heavy atom. The molecule has 0 aromatic heterocycles. The average Bonchev–Trinajstić information content (AvgIpc) is 2.82. The average molecular weight is 306 g/mol. The Balaban J connectivity index is 2.27. The molecule has 1 N–H and O–H groups in total. The first kappa shape index (κ1) is 17.7. The minimum Gasteiger partial charge on any atom is -0.390 e. The van der Waals surface area contributed by atoms with Gasteiger partial charge in [-0.15, -0.1) is 0 Å². The van der Waals surface area contributed by atoms with Crippen LogP contribution in [-0.4, -0.2) is 22.4 Å². The van der Waals surface area contributed by atoms with Gasteiger partial charge in [0, 0.05) is 0 Å². The van der Waals surface area contributed by atoms with E-state index in [4.69, 9.17) is 4.74 Å². The molecular weight excluding hydrogens is 272 g/mol. The third kappa shape index (κ3) is 3.83. The predicted molar refractivity (Wildman–Crippen MR) is 92.9 cm³/mol. The molecule has 3 atom stereocenters. The maximum Gasteiger partial charge on any atom is 0.0921 e. The van der Waals surface area contributed by atoms with E-state index in [2.05, 4.69) is 46.8 Å². The number of hydrogen-bond acceptors (Lipinski definition) is 2. The van der Waals surface area contributed by atoms with Gasteiger partial charge in [0.15, 0.2) is 0 Å². The van der Waals surface area contributed by atoms with Crippen molar-refractivity contribution in [2.24, 2.45) is 5.92 Å². The van der Waals surface area contributed by atoms with Crippen LogP contribution >= 0.6 is 0 Å². The number of aliphatic hydroxyl groups is 1. The van der Waals surface area contributed by atoms with E-state index in [0.717, 1.165) is 44.9 Å². The molecule has 0 aromatic carbocycles. The Bertz CT molecular complexity index is 449. The predicted octanol–water partition coefficient (Wildman–Crippen LogP) is 5.17. The number of fused-ring (bicyclic) bond motifs is 2. The topological polar surface area (TPSA) is 29.5 Å². The van der Waals surface area contributed by atoms with Crippen LogP contribution < -0.4 is 0 Å². The smallest absolute Gasteiger partial charge is 0.0921 e. The van der Waals surface area contributed by atoms with Crippen LogP contribution in [0.5, 0.6) is 0 Å². The molecule has 0 unspecified atom stereocenters. The fraction of sp³-hybridized carbons (Fsp3) is 0.800. The SMILES string of the molecule is CC1=CCC/C(C)=C\C[C@]2(C(C)C)CC[C@@](C)(O2)[C@H](O)CC1. The van der Waals surface area contributed by atoms with E-state index in [1.807, 2.05) is 0 Å². The lowest BCUT2D eigenvalue weighted by atomic mass is 9.82. The maximum atomic E-state index is 10.7. The van der Waals surface area contributed by atoms with E-state index in [9.17, 15) is 5.11 Å².